The van der Waals surface area contributed by atoms with Gasteiger partial charge in [0.05, 0.1) is 7.11 Å². The monoisotopic (exact) mass is 212 g/mol. The first-order valence-corrected chi connectivity index (χ1v) is 5.17. The summed E-state index contributed by atoms with van der Waals surface area (Å²) in [7, 11) is 1.69. The van der Waals surface area contributed by atoms with Crippen LogP contribution in [0.4, 0.5) is 5.69 Å². The van der Waals surface area contributed by atoms with Gasteiger partial charge in [0.15, 0.2) is 0 Å². The van der Waals surface area contributed by atoms with E-state index < -0.39 is 0 Å². The number of rotatable bonds is 3. The average molecular weight is 212 g/mol. The van der Waals surface area contributed by atoms with E-state index in [4.69, 9.17) is 10.5 Å². The molecule has 0 saturated heterocycles. The van der Waals surface area contributed by atoms with Crippen molar-refractivity contribution in [3.63, 3.8) is 0 Å². The highest BCUT2D eigenvalue weighted by molar-refractivity contribution is 5.43. The van der Waals surface area contributed by atoms with Crippen molar-refractivity contribution in [3.8, 4) is 5.75 Å². The molecule has 0 saturated carbocycles. The summed E-state index contributed by atoms with van der Waals surface area (Å²) in [6.07, 6.45) is 0.822. The summed E-state index contributed by atoms with van der Waals surface area (Å²) in [5.41, 5.74) is 8.70. The molecule has 0 aliphatic carbocycles. The molecule has 2 nitrogen and oxygen atoms in total. The van der Waals surface area contributed by atoms with Gasteiger partial charge in [-0.3, -0.25) is 0 Å². The summed E-state index contributed by atoms with van der Waals surface area (Å²) in [6.45, 7) is 0. The smallest absolute Gasteiger partial charge is 0.122 e. The first-order chi connectivity index (χ1) is 7.79. The standard InChI is InChI=1S/C14H14NO/c1-16-14-8-3-2-6-12(14)9-11-5-4-7-13(15)10-11/h2-6,8,10H,9,15H2,1H3. The number of anilines is 1. The van der Waals surface area contributed by atoms with E-state index in [1.165, 1.54) is 5.56 Å². The molecule has 0 atom stereocenters. The Hall–Kier alpha value is -1.96. The third-order valence-electron chi connectivity index (χ3n) is 2.48. The first-order valence-electron chi connectivity index (χ1n) is 5.17. The summed E-state index contributed by atoms with van der Waals surface area (Å²) in [6, 6.07) is 16.7. The molecule has 2 rings (SSSR count). The summed E-state index contributed by atoms with van der Waals surface area (Å²) >= 11 is 0. The van der Waals surface area contributed by atoms with Gasteiger partial charge in [-0.2, -0.15) is 0 Å². The zero-order valence-electron chi connectivity index (χ0n) is 9.23. The van der Waals surface area contributed by atoms with E-state index in [0.717, 1.165) is 17.7 Å². The van der Waals surface area contributed by atoms with Crippen molar-refractivity contribution in [2.75, 3.05) is 12.8 Å². The van der Waals surface area contributed by atoms with Crippen LogP contribution in [0.5, 0.6) is 5.75 Å². The summed E-state index contributed by atoms with van der Waals surface area (Å²) in [4.78, 5) is 0. The van der Waals surface area contributed by atoms with Crippen molar-refractivity contribution in [1.82, 2.24) is 0 Å². The van der Waals surface area contributed by atoms with Gasteiger partial charge in [0.1, 0.15) is 5.75 Å². The van der Waals surface area contributed by atoms with Crippen LogP contribution < -0.4 is 10.5 Å². The molecule has 0 unspecified atom stereocenters. The van der Waals surface area contributed by atoms with Crippen molar-refractivity contribution in [2.24, 2.45) is 0 Å². The summed E-state index contributed by atoms with van der Waals surface area (Å²) < 4.78 is 5.31. The van der Waals surface area contributed by atoms with Crippen LogP contribution in [0.25, 0.3) is 0 Å². The van der Waals surface area contributed by atoms with Crippen molar-refractivity contribution in [1.29, 1.82) is 0 Å². The van der Waals surface area contributed by atoms with Gasteiger partial charge < -0.3 is 10.5 Å². The average Bonchev–Trinajstić information content (AvgIpc) is 2.30. The summed E-state index contributed by atoms with van der Waals surface area (Å²) in [5, 5.41) is 0. The van der Waals surface area contributed by atoms with Crippen molar-refractivity contribution < 1.29 is 4.74 Å². The third-order valence-corrected chi connectivity index (χ3v) is 2.48. The molecular formula is C14H14NO. The molecule has 0 fully saturated rings. The predicted octanol–water partition coefficient (Wildman–Crippen LogP) is 2.67. The molecule has 1 radical (unpaired) electrons. The van der Waals surface area contributed by atoms with E-state index in [9.17, 15) is 0 Å². The van der Waals surface area contributed by atoms with Crippen LogP contribution >= 0.6 is 0 Å². The normalized spacial score (nSPS) is 10.1. The van der Waals surface area contributed by atoms with E-state index in [1.54, 1.807) is 7.11 Å². The highest BCUT2D eigenvalue weighted by Gasteiger charge is 2.02. The van der Waals surface area contributed by atoms with Crippen LogP contribution in [0.15, 0.2) is 42.5 Å². The van der Waals surface area contributed by atoms with Crippen LogP contribution in [0.3, 0.4) is 0 Å². The van der Waals surface area contributed by atoms with E-state index >= 15 is 0 Å². The molecule has 2 heteroatoms. The molecule has 0 aliphatic heterocycles. The van der Waals surface area contributed by atoms with Gasteiger partial charge in [-0.25, -0.2) is 0 Å². The maximum atomic E-state index is 5.70. The minimum Gasteiger partial charge on any atom is -0.496 e. The zero-order valence-corrected chi connectivity index (χ0v) is 9.23. The minimum atomic E-state index is 0.674. The molecule has 2 aromatic rings. The van der Waals surface area contributed by atoms with E-state index in [0.29, 0.717) is 5.69 Å². The maximum absolute atomic E-state index is 5.70. The van der Waals surface area contributed by atoms with Crippen molar-refractivity contribution in [2.45, 2.75) is 6.42 Å². The van der Waals surface area contributed by atoms with E-state index in [1.807, 2.05) is 36.4 Å². The molecule has 2 N–H and O–H groups in total. The fourth-order valence-corrected chi connectivity index (χ4v) is 1.71. The van der Waals surface area contributed by atoms with Gasteiger partial charge in [0.2, 0.25) is 0 Å². The first kappa shape index (κ1) is 10.6. The molecule has 0 heterocycles. The Morgan fingerprint density at radius 1 is 1.25 bits per heavy atom. The van der Waals surface area contributed by atoms with Gasteiger partial charge in [-0.1, -0.05) is 30.3 Å². The fraction of sp³-hybridized carbons (Fsp3) is 0.143. The van der Waals surface area contributed by atoms with Crippen LogP contribution in [0, 0.1) is 6.07 Å². The Bertz CT molecular complexity index is 480. The zero-order chi connectivity index (χ0) is 11.4. The van der Waals surface area contributed by atoms with Gasteiger partial charge in [0, 0.05) is 18.2 Å². The van der Waals surface area contributed by atoms with Crippen molar-refractivity contribution >= 4 is 5.69 Å². The number of hydrogen-bond donors (Lipinski definition) is 1. The topological polar surface area (TPSA) is 35.2 Å². The Morgan fingerprint density at radius 2 is 2.06 bits per heavy atom. The number of hydrogen-bond acceptors (Lipinski definition) is 2. The highest BCUT2D eigenvalue weighted by Crippen LogP contribution is 2.21. The molecule has 0 amide bonds. The fourth-order valence-electron chi connectivity index (χ4n) is 1.71. The largest absolute Gasteiger partial charge is 0.496 e. The Kier molecular flexibility index (Phi) is 3.10. The number of nitrogen functional groups attached to an aromatic ring is 1. The van der Waals surface area contributed by atoms with Crippen LogP contribution in [0.1, 0.15) is 11.1 Å². The second-order valence-corrected chi connectivity index (χ2v) is 3.64. The minimum absolute atomic E-state index is 0.674. The lowest BCUT2D eigenvalue weighted by Crippen LogP contribution is -1.94. The molecule has 81 valence electrons. The lowest BCUT2D eigenvalue weighted by Gasteiger charge is -2.08. The van der Waals surface area contributed by atoms with Crippen LogP contribution in [-0.2, 0) is 6.42 Å². The Labute approximate surface area is 95.7 Å². The molecule has 16 heavy (non-hydrogen) atoms. The van der Waals surface area contributed by atoms with E-state index in [2.05, 4.69) is 12.1 Å². The number of ether oxygens (including phenoxy) is 1. The third kappa shape index (κ3) is 2.34. The number of nitrogens with two attached hydrogens (primary N) is 1. The highest BCUT2D eigenvalue weighted by atomic mass is 16.5. The number of para-hydroxylation sites is 1. The Morgan fingerprint density at radius 3 is 2.81 bits per heavy atom. The second-order valence-electron chi connectivity index (χ2n) is 3.64. The lowest BCUT2D eigenvalue weighted by molar-refractivity contribution is 0.410. The quantitative estimate of drug-likeness (QED) is 0.794. The van der Waals surface area contributed by atoms with E-state index in [-0.39, 0.29) is 0 Å². The SMILES string of the molecule is COc1ccccc1Cc1cc[c]c(N)c1. The molecule has 2 aromatic carbocycles. The second kappa shape index (κ2) is 4.71. The Balaban J connectivity index is 2.26. The molecule has 0 spiro atoms. The van der Waals surface area contributed by atoms with Crippen LogP contribution in [0.2, 0.25) is 0 Å². The molecule has 0 aromatic heterocycles. The van der Waals surface area contributed by atoms with Crippen LogP contribution in [-0.4, -0.2) is 7.11 Å². The maximum Gasteiger partial charge on any atom is 0.122 e. The van der Waals surface area contributed by atoms with Gasteiger partial charge >= 0.3 is 0 Å². The van der Waals surface area contributed by atoms with Gasteiger partial charge in [-0.15, -0.1) is 0 Å². The predicted molar refractivity (Wildman–Crippen MR) is 65.5 cm³/mol. The van der Waals surface area contributed by atoms with Gasteiger partial charge in [0.25, 0.3) is 0 Å². The molecule has 0 aliphatic rings. The number of benzene rings is 2. The van der Waals surface area contributed by atoms with Crippen molar-refractivity contribution in [3.05, 3.63) is 59.7 Å². The lowest BCUT2D eigenvalue weighted by atomic mass is 10.0. The number of methoxy groups -OCH3 is 1. The molecular weight excluding hydrogens is 198 g/mol. The molecule has 0 bridgehead atoms. The summed E-state index contributed by atoms with van der Waals surface area (Å²) in [5.74, 6) is 0.911. The van der Waals surface area contributed by atoms with Gasteiger partial charge in [-0.05, 0) is 23.3 Å².